The maximum atomic E-state index is 5.58. The third kappa shape index (κ3) is 2.72. The molecule has 4 rings (SSSR count). The summed E-state index contributed by atoms with van der Waals surface area (Å²) < 4.78 is 19.9. The van der Waals surface area contributed by atoms with Gasteiger partial charge in [0, 0.05) is 11.1 Å². The zero-order valence-corrected chi connectivity index (χ0v) is 14.7. The first-order valence-corrected chi connectivity index (χ1v) is 8.58. The highest BCUT2D eigenvalue weighted by Crippen LogP contribution is 2.42. The summed E-state index contributed by atoms with van der Waals surface area (Å²) in [7, 11) is 3.37. The quantitative estimate of drug-likeness (QED) is 0.518. The lowest BCUT2D eigenvalue weighted by molar-refractivity contribution is 0.416. The summed E-state index contributed by atoms with van der Waals surface area (Å²) in [5.41, 5.74) is 5.88. The molecule has 1 aromatic heterocycles. The van der Waals surface area contributed by atoms with E-state index in [1.165, 1.54) is 11.7 Å². The van der Waals surface area contributed by atoms with E-state index in [0.29, 0.717) is 0 Å². The number of hydrogen-bond acceptors (Lipinski definition) is 5. The number of nitrogens with zero attached hydrogens (tertiary/aromatic N) is 2. The van der Waals surface area contributed by atoms with E-state index in [4.69, 9.17) is 9.47 Å². The van der Waals surface area contributed by atoms with Crippen LogP contribution in [0.5, 0.6) is 11.5 Å². The summed E-state index contributed by atoms with van der Waals surface area (Å²) in [5, 5.41) is 0. The molecule has 0 atom stereocenters. The van der Waals surface area contributed by atoms with Crippen molar-refractivity contribution in [2.24, 2.45) is 0 Å². The van der Waals surface area contributed by atoms with Gasteiger partial charge < -0.3 is 9.47 Å². The summed E-state index contributed by atoms with van der Waals surface area (Å²) in [6.07, 6.45) is 0. The smallest absolute Gasteiger partial charge is 0.126 e. The van der Waals surface area contributed by atoms with Crippen LogP contribution < -0.4 is 9.47 Å². The zero-order chi connectivity index (χ0) is 17.2. The normalized spacial score (nSPS) is 10.8. The van der Waals surface area contributed by atoms with Crippen molar-refractivity contribution >= 4 is 22.8 Å². The number of hydrogen-bond donors (Lipinski definition) is 0. The molecular weight excluding hydrogens is 332 g/mol. The van der Waals surface area contributed by atoms with Gasteiger partial charge in [-0.05, 0) is 35.4 Å². The summed E-state index contributed by atoms with van der Waals surface area (Å²) in [5.74, 6) is 1.64. The molecule has 124 valence electrons. The molecule has 0 unspecified atom stereocenters. The molecule has 25 heavy (non-hydrogen) atoms. The highest BCUT2D eigenvalue weighted by atomic mass is 32.1. The Morgan fingerprint density at radius 2 is 1.08 bits per heavy atom. The maximum absolute atomic E-state index is 5.58. The van der Waals surface area contributed by atoms with Gasteiger partial charge in [0.15, 0.2) is 0 Å². The lowest BCUT2D eigenvalue weighted by atomic mass is 9.93. The van der Waals surface area contributed by atoms with Crippen LogP contribution in [0.3, 0.4) is 0 Å². The van der Waals surface area contributed by atoms with Crippen molar-refractivity contribution in [1.82, 2.24) is 8.75 Å². The van der Waals surface area contributed by atoms with E-state index >= 15 is 0 Å². The molecule has 0 fully saturated rings. The Bertz CT molecular complexity index is 961. The van der Waals surface area contributed by atoms with Crippen LogP contribution in [0.4, 0.5) is 0 Å². The van der Waals surface area contributed by atoms with Crippen LogP contribution in [0.2, 0.25) is 0 Å². The Morgan fingerprint density at radius 3 is 1.52 bits per heavy atom. The van der Waals surface area contributed by atoms with Crippen molar-refractivity contribution in [1.29, 1.82) is 0 Å². The van der Waals surface area contributed by atoms with Gasteiger partial charge in [0.25, 0.3) is 0 Å². The molecule has 4 nitrogen and oxygen atoms in total. The molecule has 0 aliphatic rings. The predicted molar refractivity (Wildman–Crippen MR) is 101 cm³/mol. The predicted octanol–water partition coefficient (Wildman–Crippen LogP) is 5.04. The van der Waals surface area contributed by atoms with Gasteiger partial charge in [-0.15, -0.1) is 0 Å². The number of fused-ring (bicyclic) bond motifs is 1. The second kappa shape index (κ2) is 6.53. The third-order valence-electron chi connectivity index (χ3n) is 4.19. The first-order valence-electron chi connectivity index (χ1n) is 7.85. The maximum Gasteiger partial charge on any atom is 0.126 e. The topological polar surface area (TPSA) is 44.2 Å². The molecule has 1 heterocycles. The molecule has 0 bridgehead atoms. The van der Waals surface area contributed by atoms with Crippen LogP contribution >= 0.6 is 11.7 Å². The fourth-order valence-corrected chi connectivity index (χ4v) is 3.52. The van der Waals surface area contributed by atoms with E-state index in [-0.39, 0.29) is 0 Å². The van der Waals surface area contributed by atoms with Gasteiger partial charge in [0.1, 0.15) is 22.5 Å². The monoisotopic (exact) mass is 348 g/mol. The number of benzene rings is 3. The lowest BCUT2D eigenvalue weighted by Crippen LogP contribution is -1.93. The average Bonchev–Trinajstić information content (AvgIpc) is 3.14. The molecule has 3 aromatic carbocycles. The molecule has 0 amide bonds. The molecule has 0 aliphatic carbocycles. The van der Waals surface area contributed by atoms with Crippen LogP contribution in [0.15, 0.2) is 60.7 Å². The Kier molecular flexibility index (Phi) is 4.07. The molecular formula is C20H16N2O2S. The van der Waals surface area contributed by atoms with E-state index < -0.39 is 0 Å². The molecule has 0 saturated heterocycles. The van der Waals surface area contributed by atoms with Crippen molar-refractivity contribution < 1.29 is 9.47 Å². The molecule has 0 aliphatic heterocycles. The van der Waals surface area contributed by atoms with Crippen LogP contribution in [0.25, 0.3) is 33.3 Å². The molecule has 0 spiro atoms. The van der Waals surface area contributed by atoms with Crippen molar-refractivity contribution in [2.75, 3.05) is 14.2 Å². The molecule has 0 radical (unpaired) electrons. The van der Waals surface area contributed by atoms with E-state index in [9.17, 15) is 0 Å². The number of aromatic nitrogens is 2. The van der Waals surface area contributed by atoms with Crippen molar-refractivity contribution in [2.45, 2.75) is 0 Å². The van der Waals surface area contributed by atoms with Gasteiger partial charge in [-0.2, -0.15) is 8.75 Å². The number of ether oxygens (including phenoxy) is 2. The standard InChI is InChI=1S/C20H16N2O2S/c1-23-19-9-5-3-7-13(19)15-11-17-18(22-25-21-17)12-16(15)14-8-4-6-10-20(14)24-2/h3-12H,1-2H3. The summed E-state index contributed by atoms with van der Waals surface area (Å²) in [6.45, 7) is 0. The summed E-state index contributed by atoms with van der Waals surface area (Å²) in [6, 6.07) is 20.1. The van der Waals surface area contributed by atoms with E-state index in [1.807, 2.05) is 36.4 Å². The van der Waals surface area contributed by atoms with Gasteiger partial charge in [-0.3, -0.25) is 0 Å². The molecule has 0 N–H and O–H groups in total. The summed E-state index contributed by atoms with van der Waals surface area (Å²) in [4.78, 5) is 0. The van der Waals surface area contributed by atoms with E-state index in [0.717, 1.165) is 44.8 Å². The van der Waals surface area contributed by atoms with Crippen LogP contribution in [-0.4, -0.2) is 23.0 Å². The van der Waals surface area contributed by atoms with E-state index in [1.54, 1.807) is 14.2 Å². The Hall–Kier alpha value is -2.92. The highest BCUT2D eigenvalue weighted by Gasteiger charge is 2.17. The van der Waals surface area contributed by atoms with E-state index in [2.05, 4.69) is 33.0 Å². The Labute approximate surface area is 150 Å². The van der Waals surface area contributed by atoms with Crippen molar-refractivity contribution in [3.63, 3.8) is 0 Å². The number of para-hydroxylation sites is 2. The number of methoxy groups -OCH3 is 2. The molecule has 5 heteroatoms. The minimum atomic E-state index is 0.821. The SMILES string of the molecule is COc1ccccc1-c1cc2nsnc2cc1-c1ccccc1OC. The fraction of sp³-hybridized carbons (Fsp3) is 0.100. The van der Waals surface area contributed by atoms with Gasteiger partial charge >= 0.3 is 0 Å². The first kappa shape index (κ1) is 15.6. The second-order valence-electron chi connectivity index (χ2n) is 5.55. The molecule has 0 saturated carbocycles. The second-order valence-corrected chi connectivity index (χ2v) is 6.08. The van der Waals surface area contributed by atoms with Gasteiger partial charge in [-0.25, -0.2) is 0 Å². The van der Waals surface area contributed by atoms with Gasteiger partial charge in [-0.1, -0.05) is 36.4 Å². The van der Waals surface area contributed by atoms with Crippen molar-refractivity contribution in [3.8, 4) is 33.8 Å². The Balaban J connectivity index is 2.06. The van der Waals surface area contributed by atoms with Crippen molar-refractivity contribution in [3.05, 3.63) is 60.7 Å². The third-order valence-corrected chi connectivity index (χ3v) is 4.74. The van der Waals surface area contributed by atoms with Crippen LogP contribution in [0.1, 0.15) is 0 Å². The minimum Gasteiger partial charge on any atom is -0.496 e. The summed E-state index contributed by atoms with van der Waals surface area (Å²) >= 11 is 1.22. The zero-order valence-electron chi connectivity index (χ0n) is 13.9. The highest BCUT2D eigenvalue weighted by molar-refractivity contribution is 7.00. The van der Waals surface area contributed by atoms with Gasteiger partial charge in [0.05, 0.1) is 25.9 Å². The van der Waals surface area contributed by atoms with Crippen LogP contribution in [0, 0.1) is 0 Å². The number of rotatable bonds is 4. The largest absolute Gasteiger partial charge is 0.496 e. The first-order chi connectivity index (χ1) is 12.3. The average molecular weight is 348 g/mol. The Morgan fingerprint density at radius 1 is 0.640 bits per heavy atom. The lowest BCUT2D eigenvalue weighted by Gasteiger charge is -2.15. The van der Waals surface area contributed by atoms with Gasteiger partial charge in [0.2, 0.25) is 0 Å². The minimum absolute atomic E-state index is 0.821. The van der Waals surface area contributed by atoms with Crippen LogP contribution in [-0.2, 0) is 0 Å². The fourth-order valence-electron chi connectivity index (χ4n) is 3.01. The molecule has 4 aromatic rings.